The van der Waals surface area contributed by atoms with E-state index in [1.54, 1.807) is 19.1 Å². The molecule has 0 aliphatic heterocycles. The highest BCUT2D eigenvalue weighted by atomic mass is 35.5. The van der Waals surface area contributed by atoms with Crippen LogP contribution in [0.4, 0.5) is 0 Å². The van der Waals surface area contributed by atoms with Gasteiger partial charge in [0.1, 0.15) is 11.9 Å². The Morgan fingerprint density at radius 2 is 2.33 bits per heavy atom. The summed E-state index contributed by atoms with van der Waals surface area (Å²) < 4.78 is 4.86. The van der Waals surface area contributed by atoms with Crippen molar-refractivity contribution in [2.75, 3.05) is 0 Å². The third-order valence-corrected chi connectivity index (χ3v) is 1.21. The molecule has 0 unspecified atom stereocenters. The third kappa shape index (κ3) is 1.47. The molecule has 1 aromatic rings. The zero-order chi connectivity index (χ0) is 6.85. The van der Waals surface area contributed by atoms with Gasteiger partial charge in [0.2, 0.25) is 0 Å². The molecule has 0 saturated heterocycles. The smallest absolute Gasteiger partial charge is 0.193 e. The minimum absolute atomic E-state index is 0.311. The Bertz CT molecular complexity index is 193. The molecule has 0 aliphatic carbocycles. The normalized spacial score (nSPS) is 13.7. The van der Waals surface area contributed by atoms with E-state index in [0.29, 0.717) is 11.0 Å². The van der Waals surface area contributed by atoms with Crippen molar-refractivity contribution in [2.24, 2.45) is 0 Å². The molecule has 3 heteroatoms. The Balaban J connectivity index is 2.85. The van der Waals surface area contributed by atoms with Gasteiger partial charge >= 0.3 is 0 Å². The van der Waals surface area contributed by atoms with Gasteiger partial charge in [-0.3, -0.25) is 0 Å². The minimum atomic E-state index is -0.572. The van der Waals surface area contributed by atoms with Gasteiger partial charge in [0, 0.05) is 0 Å². The second-order valence-corrected chi connectivity index (χ2v) is 2.19. The van der Waals surface area contributed by atoms with Crippen molar-refractivity contribution >= 4 is 11.6 Å². The lowest BCUT2D eigenvalue weighted by atomic mass is 10.3. The predicted molar refractivity (Wildman–Crippen MR) is 34.4 cm³/mol. The maximum atomic E-state index is 8.88. The van der Waals surface area contributed by atoms with Crippen LogP contribution in [0.25, 0.3) is 0 Å². The third-order valence-electron chi connectivity index (χ3n) is 1.01. The van der Waals surface area contributed by atoms with Crippen molar-refractivity contribution in [1.29, 1.82) is 0 Å². The molecule has 0 aromatic carbocycles. The second-order valence-electron chi connectivity index (χ2n) is 1.82. The molecule has 1 aromatic heterocycles. The van der Waals surface area contributed by atoms with Crippen molar-refractivity contribution in [1.82, 2.24) is 0 Å². The van der Waals surface area contributed by atoms with E-state index in [9.17, 15) is 0 Å². The molecule has 0 saturated carbocycles. The number of hydrogen-bond donors (Lipinski definition) is 1. The van der Waals surface area contributed by atoms with Gasteiger partial charge in [-0.1, -0.05) is 0 Å². The lowest BCUT2D eigenvalue weighted by Crippen LogP contribution is -1.84. The molecular weight excluding hydrogens is 140 g/mol. The summed E-state index contributed by atoms with van der Waals surface area (Å²) in [5.41, 5.74) is 0. The Kier molecular flexibility index (Phi) is 1.78. The van der Waals surface area contributed by atoms with E-state index in [0.717, 1.165) is 0 Å². The zero-order valence-corrected chi connectivity index (χ0v) is 5.72. The maximum Gasteiger partial charge on any atom is 0.193 e. The van der Waals surface area contributed by atoms with Gasteiger partial charge in [-0.25, -0.2) is 0 Å². The Hall–Kier alpha value is -0.470. The summed E-state index contributed by atoms with van der Waals surface area (Å²) in [5, 5.41) is 9.20. The van der Waals surface area contributed by atoms with E-state index in [1.165, 1.54) is 0 Å². The molecule has 0 bridgehead atoms. The molecule has 0 aliphatic rings. The number of aliphatic hydroxyl groups excluding tert-OH is 1. The van der Waals surface area contributed by atoms with Crippen LogP contribution in [0.5, 0.6) is 0 Å². The molecule has 1 rings (SSSR count). The Morgan fingerprint density at radius 3 is 2.56 bits per heavy atom. The van der Waals surface area contributed by atoms with Crippen LogP contribution in [0.2, 0.25) is 5.22 Å². The second kappa shape index (κ2) is 2.42. The van der Waals surface area contributed by atoms with Crippen LogP contribution in [0.1, 0.15) is 18.8 Å². The molecular formula is C6H7ClO2. The van der Waals surface area contributed by atoms with Gasteiger partial charge in [-0.2, -0.15) is 0 Å². The fourth-order valence-electron chi connectivity index (χ4n) is 0.553. The van der Waals surface area contributed by atoms with E-state index < -0.39 is 6.10 Å². The molecule has 0 spiro atoms. The van der Waals surface area contributed by atoms with Crippen molar-refractivity contribution < 1.29 is 9.52 Å². The molecule has 1 atom stereocenters. The van der Waals surface area contributed by atoms with E-state index >= 15 is 0 Å². The lowest BCUT2D eigenvalue weighted by Gasteiger charge is -1.95. The summed E-state index contributed by atoms with van der Waals surface area (Å²) in [6.07, 6.45) is -0.572. The first kappa shape index (κ1) is 6.65. The first-order chi connectivity index (χ1) is 4.20. The van der Waals surface area contributed by atoms with Crippen molar-refractivity contribution in [3.8, 4) is 0 Å². The molecule has 0 amide bonds. The number of halogens is 1. The maximum absolute atomic E-state index is 8.88. The largest absolute Gasteiger partial charge is 0.447 e. The molecule has 9 heavy (non-hydrogen) atoms. The highest BCUT2D eigenvalue weighted by Gasteiger charge is 2.03. The fraction of sp³-hybridized carbons (Fsp3) is 0.333. The van der Waals surface area contributed by atoms with Gasteiger partial charge in [0.05, 0.1) is 0 Å². The first-order valence-electron chi connectivity index (χ1n) is 2.63. The number of hydrogen-bond acceptors (Lipinski definition) is 2. The molecule has 1 heterocycles. The van der Waals surface area contributed by atoms with E-state index in [1.807, 2.05) is 0 Å². The van der Waals surface area contributed by atoms with E-state index in [4.69, 9.17) is 21.1 Å². The van der Waals surface area contributed by atoms with Crippen molar-refractivity contribution in [3.05, 3.63) is 23.1 Å². The topological polar surface area (TPSA) is 33.4 Å². The van der Waals surface area contributed by atoms with Gasteiger partial charge in [-0.15, -0.1) is 0 Å². The van der Waals surface area contributed by atoms with Gasteiger partial charge < -0.3 is 9.52 Å². The first-order valence-corrected chi connectivity index (χ1v) is 3.01. The van der Waals surface area contributed by atoms with Gasteiger partial charge in [-0.05, 0) is 30.7 Å². The lowest BCUT2D eigenvalue weighted by molar-refractivity contribution is 0.169. The van der Waals surface area contributed by atoms with Crippen molar-refractivity contribution in [2.45, 2.75) is 13.0 Å². The number of aliphatic hydroxyl groups is 1. The summed E-state index contributed by atoms with van der Waals surface area (Å²) in [4.78, 5) is 0. The molecule has 1 N–H and O–H groups in total. The van der Waals surface area contributed by atoms with E-state index in [-0.39, 0.29) is 0 Å². The molecule has 50 valence electrons. The predicted octanol–water partition coefficient (Wildman–Crippen LogP) is 1.99. The van der Waals surface area contributed by atoms with Crippen LogP contribution in [0.3, 0.4) is 0 Å². The fourth-order valence-corrected chi connectivity index (χ4v) is 0.705. The van der Waals surface area contributed by atoms with Crippen LogP contribution in [0, 0.1) is 0 Å². The SMILES string of the molecule is C[C@@H](O)c1ccc(Cl)o1. The number of furan rings is 1. The standard InChI is InChI=1S/C6H7ClO2/c1-4(8)5-2-3-6(7)9-5/h2-4,8H,1H3/t4-/m1/s1. The van der Waals surface area contributed by atoms with E-state index in [2.05, 4.69) is 0 Å². The monoisotopic (exact) mass is 146 g/mol. The Labute approximate surface area is 58.1 Å². The average Bonchev–Trinajstić information content (AvgIpc) is 2.14. The van der Waals surface area contributed by atoms with Gasteiger partial charge in [0.15, 0.2) is 5.22 Å². The van der Waals surface area contributed by atoms with Crippen molar-refractivity contribution in [3.63, 3.8) is 0 Å². The summed E-state index contributed by atoms with van der Waals surface area (Å²) in [6, 6.07) is 3.25. The highest BCUT2D eigenvalue weighted by Crippen LogP contribution is 2.18. The van der Waals surface area contributed by atoms with Gasteiger partial charge in [0.25, 0.3) is 0 Å². The van der Waals surface area contributed by atoms with Crippen LogP contribution in [0.15, 0.2) is 16.5 Å². The number of rotatable bonds is 1. The van der Waals surface area contributed by atoms with Crippen LogP contribution >= 0.6 is 11.6 Å². The van der Waals surface area contributed by atoms with Crippen LogP contribution in [-0.2, 0) is 0 Å². The summed E-state index contributed by atoms with van der Waals surface area (Å²) in [6.45, 7) is 1.62. The quantitative estimate of drug-likeness (QED) is 0.657. The molecule has 0 fully saturated rings. The Morgan fingerprint density at radius 1 is 1.67 bits per heavy atom. The minimum Gasteiger partial charge on any atom is -0.447 e. The van der Waals surface area contributed by atoms with Crippen LogP contribution in [-0.4, -0.2) is 5.11 Å². The molecule has 2 nitrogen and oxygen atoms in total. The van der Waals surface area contributed by atoms with Crippen LogP contribution < -0.4 is 0 Å². The average molecular weight is 147 g/mol. The zero-order valence-electron chi connectivity index (χ0n) is 4.97. The summed E-state index contributed by atoms with van der Waals surface area (Å²) in [5.74, 6) is 0.500. The summed E-state index contributed by atoms with van der Waals surface area (Å²) >= 11 is 5.43. The molecule has 0 radical (unpaired) electrons. The summed E-state index contributed by atoms with van der Waals surface area (Å²) in [7, 11) is 0. The highest BCUT2D eigenvalue weighted by molar-refractivity contribution is 6.28.